The van der Waals surface area contributed by atoms with Gasteiger partial charge in [-0.2, -0.15) is 5.10 Å². The zero-order valence-electron chi connectivity index (χ0n) is 17.0. The molecule has 0 aliphatic carbocycles. The van der Waals surface area contributed by atoms with Gasteiger partial charge in [-0.25, -0.2) is 4.98 Å². The van der Waals surface area contributed by atoms with Gasteiger partial charge in [-0.1, -0.05) is 0 Å². The smallest absolute Gasteiger partial charge is 0.272 e. The van der Waals surface area contributed by atoms with E-state index in [1.54, 1.807) is 12.3 Å². The Kier molecular flexibility index (Phi) is 5.79. The maximum absolute atomic E-state index is 12.8. The largest absolute Gasteiger partial charge is 0.376 e. The van der Waals surface area contributed by atoms with E-state index >= 15 is 0 Å². The molecule has 0 radical (unpaired) electrons. The van der Waals surface area contributed by atoms with Crippen molar-refractivity contribution in [2.24, 2.45) is 13.0 Å². The monoisotopic (exact) mass is 370 g/mol. The molecule has 146 valence electrons. The van der Waals surface area contributed by atoms with Crippen molar-refractivity contribution in [3.05, 3.63) is 42.0 Å². The van der Waals surface area contributed by atoms with Gasteiger partial charge in [-0.05, 0) is 44.5 Å². The number of pyridine rings is 1. The van der Waals surface area contributed by atoms with Crippen molar-refractivity contribution >= 4 is 11.6 Å². The Morgan fingerprint density at radius 1 is 1.22 bits per heavy atom. The summed E-state index contributed by atoms with van der Waals surface area (Å²) in [4.78, 5) is 23.4. The topological polar surface area (TPSA) is 57.5 Å². The van der Waals surface area contributed by atoms with Crippen LogP contribution in [0.2, 0.25) is 0 Å². The van der Waals surface area contributed by atoms with Crippen molar-refractivity contribution in [1.29, 1.82) is 0 Å². The van der Waals surface area contributed by atoms with Crippen LogP contribution >= 0.6 is 0 Å². The third-order valence-electron chi connectivity index (χ3n) is 5.41. The number of likely N-dealkylation sites (tertiary alicyclic amines) is 1. The molecule has 0 spiro atoms. The minimum atomic E-state index is -0.0292. The van der Waals surface area contributed by atoms with Crippen molar-refractivity contribution in [2.75, 3.05) is 46.2 Å². The summed E-state index contributed by atoms with van der Waals surface area (Å²) in [6.45, 7) is 1.78. The second kappa shape index (κ2) is 8.08. The van der Waals surface area contributed by atoms with Gasteiger partial charge in [0.25, 0.3) is 5.91 Å². The summed E-state index contributed by atoms with van der Waals surface area (Å²) in [6, 6.07) is 4.02. The highest BCUT2D eigenvalue weighted by atomic mass is 16.2. The van der Waals surface area contributed by atoms with E-state index < -0.39 is 0 Å². The number of anilines is 1. The van der Waals surface area contributed by atoms with Gasteiger partial charge in [0.2, 0.25) is 0 Å². The lowest BCUT2D eigenvalue weighted by atomic mass is 9.85. The number of hydrogen-bond donors (Lipinski definition) is 0. The van der Waals surface area contributed by atoms with Crippen LogP contribution < -0.4 is 4.90 Å². The molecule has 0 N–H and O–H groups in total. The SMILES string of the molecule is CN(C[C@@H]1CCCN(C)[C@H]1c1cnn(C)c1)C(=O)c1ccc(N(C)C)cn1. The molecule has 1 amide bonds. The molecule has 1 aliphatic heterocycles. The number of rotatable bonds is 5. The minimum Gasteiger partial charge on any atom is -0.376 e. The molecule has 0 unspecified atom stereocenters. The van der Waals surface area contributed by atoms with E-state index in [0.29, 0.717) is 18.2 Å². The third kappa shape index (κ3) is 4.30. The zero-order chi connectivity index (χ0) is 19.6. The second-order valence-corrected chi connectivity index (χ2v) is 7.76. The molecule has 7 nitrogen and oxygen atoms in total. The first-order valence-electron chi connectivity index (χ1n) is 9.44. The second-order valence-electron chi connectivity index (χ2n) is 7.76. The Morgan fingerprint density at radius 3 is 2.59 bits per heavy atom. The highest BCUT2D eigenvalue weighted by Crippen LogP contribution is 2.35. The van der Waals surface area contributed by atoms with Crippen LogP contribution in [-0.4, -0.2) is 71.8 Å². The van der Waals surface area contributed by atoms with Crippen molar-refractivity contribution in [1.82, 2.24) is 24.6 Å². The Hall–Kier alpha value is -2.41. The third-order valence-corrected chi connectivity index (χ3v) is 5.41. The lowest BCUT2D eigenvalue weighted by Gasteiger charge is -2.40. The van der Waals surface area contributed by atoms with E-state index in [9.17, 15) is 4.79 Å². The van der Waals surface area contributed by atoms with Crippen LogP contribution in [0.1, 0.15) is 34.9 Å². The van der Waals surface area contributed by atoms with E-state index in [-0.39, 0.29) is 11.9 Å². The Morgan fingerprint density at radius 2 is 2.00 bits per heavy atom. The number of piperidine rings is 1. The summed E-state index contributed by atoms with van der Waals surface area (Å²) in [5.41, 5.74) is 2.70. The maximum Gasteiger partial charge on any atom is 0.272 e. The average molecular weight is 371 g/mol. The molecule has 2 atom stereocenters. The molecule has 2 aromatic rings. The van der Waals surface area contributed by atoms with Crippen LogP contribution in [0, 0.1) is 5.92 Å². The number of aromatic nitrogens is 3. The van der Waals surface area contributed by atoms with Crippen molar-refractivity contribution in [3.63, 3.8) is 0 Å². The van der Waals surface area contributed by atoms with Crippen LogP contribution in [0.25, 0.3) is 0 Å². The van der Waals surface area contributed by atoms with E-state index in [0.717, 1.165) is 25.1 Å². The first-order valence-corrected chi connectivity index (χ1v) is 9.44. The molecule has 2 aromatic heterocycles. The van der Waals surface area contributed by atoms with E-state index in [1.165, 1.54) is 5.56 Å². The van der Waals surface area contributed by atoms with Gasteiger partial charge < -0.3 is 9.80 Å². The molecule has 3 rings (SSSR count). The van der Waals surface area contributed by atoms with Crippen molar-refractivity contribution in [2.45, 2.75) is 18.9 Å². The van der Waals surface area contributed by atoms with Gasteiger partial charge in [0.1, 0.15) is 5.69 Å². The summed E-state index contributed by atoms with van der Waals surface area (Å²) in [7, 11) is 9.90. The molecule has 0 aromatic carbocycles. The van der Waals surface area contributed by atoms with Crippen LogP contribution in [0.3, 0.4) is 0 Å². The van der Waals surface area contributed by atoms with Gasteiger partial charge in [0.05, 0.1) is 18.1 Å². The maximum atomic E-state index is 12.8. The first kappa shape index (κ1) is 19.4. The van der Waals surface area contributed by atoms with Gasteiger partial charge in [0.15, 0.2) is 0 Å². The van der Waals surface area contributed by atoms with Crippen LogP contribution in [-0.2, 0) is 7.05 Å². The van der Waals surface area contributed by atoms with Crippen LogP contribution in [0.5, 0.6) is 0 Å². The lowest BCUT2D eigenvalue weighted by molar-refractivity contribution is 0.0640. The van der Waals surface area contributed by atoms with Gasteiger partial charge >= 0.3 is 0 Å². The standard InChI is InChI=1S/C20H30N6O/c1-23(2)17-8-9-18(21-12-17)20(27)25(4)13-15-7-6-10-24(3)19(15)16-11-22-26(5)14-16/h8-9,11-12,14-15,19H,6-7,10,13H2,1-5H3/t15-,19+/m0/s1. The fraction of sp³-hybridized carbons (Fsp3) is 0.550. The highest BCUT2D eigenvalue weighted by molar-refractivity contribution is 5.92. The minimum absolute atomic E-state index is 0.0292. The Labute approximate surface area is 161 Å². The van der Waals surface area contributed by atoms with E-state index in [1.807, 2.05) is 54.9 Å². The molecule has 3 heterocycles. The summed E-state index contributed by atoms with van der Waals surface area (Å²) in [5.74, 6) is 0.349. The van der Waals surface area contributed by atoms with Crippen molar-refractivity contribution in [3.8, 4) is 0 Å². The molecule has 1 fully saturated rings. The molecule has 0 saturated carbocycles. The fourth-order valence-electron chi connectivity index (χ4n) is 3.98. The highest BCUT2D eigenvalue weighted by Gasteiger charge is 2.33. The van der Waals surface area contributed by atoms with E-state index in [4.69, 9.17) is 0 Å². The van der Waals surface area contributed by atoms with Crippen LogP contribution in [0.15, 0.2) is 30.7 Å². The molecule has 1 saturated heterocycles. The molecule has 7 heteroatoms. The van der Waals surface area contributed by atoms with Gasteiger partial charge in [-0.15, -0.1) is 0 Å². The molecule has 1 aliphatic rings. The number of carbonyl (C=O) groups is 1. The predicted molar refractivity (Wildman–Crippen MR) is 107 cm³/mol. The summed E-state index contributed by atoms with van der Waals surface area (Å²) < 4.78 is 1.85. The van der Waals surface area contributed by atoms with Crippen LogP contribution in [0.4, 0.5) is 5.69 Å². The summed E-state index contributed by atoms with van der Waals surface area (Å²) in [6.07, 6.45) is 8.03. The Balaban J connectivity index is 1.72. The van der Waals surface area contributed by atoms with Gasteiger partial charge in [0, 0.05) is 52.5 Å². The van der Waals surface area contributed by atoms with Crippen molar-refractivity contribution < 1.29 is 4.79 Å². The molecule has 0 bridgehead atoms. The fourth-order valence-corrected chi connectivity index (χ4v) is 3.98. The number of aryl methyl sites for hydroxylation is 1. The lowest BCUT2D eigenvalue weighted by Crippen LogP contribution is -2.42. The summed E-state index contributed by atoms with van der Waals surface area (Å²) in [5, 5.41) is 4.34. The normalized spacial score (nSPS) is 20.5. The predicted octanol–water partition coefficient (Wildman–Crippen LogP) is 2.04. The molecule has 27 heavy (non-hydrogen) atoms. The number of nitrogens with zero attached hydrogens (tertiary/aromatic N) is 6. The molecular formula is C20H30N6O. The number of hydrogen-bond acceptors (Lipinski definition) is 5. The molecular weight excluding hydrogens is 340 g/mol. The first-order chi connectivity index (χ1) is 12.9. The van der Waals surface area contributed by atoms with Gasteiger partial charge in [-0.3, -0.25) is 14.4 Å². The quantitative estimate of drug-likeness (QED) is 0.806. The number of carbonyl (C=O) groups excluding carboxylic acids is 1. The van der Waals surface area contributed by atoms with E-state index in [2.05, 4.69) is 28.2 Å². The Bertz CT molecular complexity index is 769. The summed E-state index contributed by atoms with van der Waals surface area (Å²) >= 11 is 0. The zero-order valence-corrected chi connectivity index (χ0v) is 17.0. The number of amides is 1. The average Bonchev–Trinajstić information content (AvgIpc) is 3.07.